The minimum Gasteiger partial charge on any atom is -0.480 e. The van der Waals surface area contributed by atoms with E-state index >= 15 is 0 Å². The number of hydrogen-bond donors (Lipinski definition) is 4. The molecule has 2 atom stereocenters. The minimum atomic E-state index is -3.97. The Morgan fingerprint density at radius 3 is 2.27 bits per heavy atom. The van der Waals surface area contributed by atoms with Gasteiger partial charge in [-0.2, -0.15) is 17.4 Å². The first-order valence-electron chi connectivity index (χ1n) is 10.2. The van der Waals surface area contributed by atoms with E-state index in [4.69, 9.17) is 15.0 Å². The molecular weight excluding hydrogens is 413 g/mol. The molecular formula is C18H36BN3O7S. The summed E-state index contributed by atoms with van der Waals surface area (Å²) in [6.45, 7) is 10.3. The molecule has 2 aliphatic rings. The Balaban J connectivity index is 2.00. The molecule has 2 saturated heterocycles. The molecule has 2 aliphatic heterocycles. The van der Waals surface area contributed by atoms with E-state index in [2.05, 4.69) is 4.72 Å². The number of rotatable bonds is 9. The summed E-state index contributed by atoms with van der Waals surface area (Å²) in [6, 6.07) is 0. The summed E-state index contributed by atoms with van der Waals surface area (Å²) in [5, 5.41) is 19.4. The molecule has 2 fully saturated rings. The maximum atomic E-state index is 12.6. The molecule has 0 bridgehead atoms. The molecule has 0 unspecified atom stereocenters. The van der Waals surface area contributed by atoms with Crippen LogP contribution in [0.5, 0.6) is 0 Å². The molecule has 0 aromatic carbocycles. The summed E-state index contributed by atoms with van der Waals surface area (Å²) >= 11 is 0. The van der Waals surface area contributed by atoms with Gasteiger partial charge in [-0.05, 0) is 54.3 Å². The molecule has 174 valence electrons. The summed E-state index contributed by atoms with van der Waals surface area (Å²) in [5.74, 6) is -1.79. The average molecular weight is 449 g/mol. The van der Waals surface area contributed by atoms with E-state index in [1.165, 1.54) is 13.8 Å². The van der Waals surface area contributed by atoms with Crippen molar-refractivity contribution in [3.8, 4) is 0 Å². The lowest BCUT2D eigenvalue weighted by atomic mass is 9.78. The van der Waals surface area contributed by atoms with Crippen molar-refractivity contribution in [2.24, 2.45) is 11.7 Å². The Labute approximate surface area is 179 Å². The minimum absolute atomic E-state index is 0.00659. The molecule has 0 spiro atoms. The molecule has 10 nitrogen and oxygen atoms in total. The van der Waals surface area contributed by atoms with E-state index in [1.54, 1.807) is 0 Å². The number of aliphatic carboxylic acids is 1. The Hall–Kier alpha value is -0.755. The fourth-order valence-corrected chi connectivity index (χ4v) is 5.12. The van der Waals surface area contributed by atoms with E-state index in [1.807, 2.05) is 27.7 Å². The van der Waals surface area contributed by atoms with E-state index in [-0.39, 0.29) is 19.6 Å². The maximum absolute atomic E-state index is 12.6. The number of carbonyl (C=O) groups is 1. The van der Waals surface area contributed by atoms with Crippen LogP contribution in [0.3, 0.4) is 0 Å². The number of hydrogen-bond acceptors (Lipinski definition) is 7. The Morgan fingerprint density at radius 2 is 1.80 bits per heavy atom. The van der Waals surface area contributed by atoms with Crippen molar-refractivity contribution < 1.29 is 32.7 Å². The summed E-state index contributed by atoms with van der Waals surface area (Å²) < 4.78 is 40.4. The summed E-state index contributed by atoms with van der Waals surface area (Å²) in [7, 11) is -4.37. The Kier molecular flexibility index (Phi) is 7.06. The van der Waals surface area contributed by atoms with Crippen LogP contribution < -0.4 is 10.5 Å². The lowest BCUT2D eigenvalue weighted by Crippen LogP contribution is -2.55. The second-order valence-corrected chi connectivity index (χ2v) is 11.8. The van der Waals surface area contributed by atoms with Crippen LogP contribution in [0.15, 0.2) is 0 Å². The first-order chi connectivity index (χ1) is 13.4. The zero-order valence-corrected chi connectivity index (χ0v) is 19.6. The summed E-state index contributed by atoms with van der Waals surface area (Å²) in [6.07, 6.45) is 1.56. The van der Waals surface area contributed by atoms with Gasteiger partial charge in [0.05, 0.1) is 16.8 Å². The molecule has 0 amide bonds. The fourth-order valence-electron chi connectivity index (χ4n) is 3.64. The van der Waals surface area contributed by atoms with Gasteiger partial charge in [-0.3, -0.25) is 4.79 Å². The van der Waals surface area contributed by atoms with Gasteiger partial charge in [0.1, 0.15) is 5.54 Å². The van der Waals surface area contributed by atoms with Crippen LogP contribution in [-0.2, 0) is 24.3 Å². The van der Waals surface area contributed by atoms with Gasteiger partial charge >= 0.3 is 13.1 Å². The highest BCUT2D eigenvalue weighted by atomic mass is 32.2. The van der Waals surface area contributed by atoms with Crippen LogP contribution in [0, 0.1) is 5.92 Å². The third kappa shape index (κ3) is 5.53. The molecule has 0 aromatic heterocycles. The van der Waals surface area contributed by atoms with Crippen LogP contribution in [-0.4, -0.2) is 78.0 Å². The van der Waals surface area contributed by atoms with Gasteiger partial charge in [-0.15, -0.1) is 0 Å². The number of nitrogens with zero attached hydrogens (tertiary/aromatic N) is 1. The molecule has 0 aromatic rings. The third-order valence-electron chi connectivity index (χ3n) is 6.31. The number of nitrogens with two attached hydrogens (primary N) is 1. The van der Waals surface area contributed by atoms with E-state index < -0.39 is 51.6 Å². The van der Waals surface area contributed by atoms with Crippen LogP contribution in [0.1, 0.15) is 54.4 Å². The smallest absolute Gasteiger partial charge is 0.457 e. The number of aliphatic hydroxyl groups is 1. The van der Waals surface area contributed by atoms with Crippen LogP contribution in [0.25, 0.3) is 0 Å². The lowest BCUT2D eigenvalue weighted by molar-refractivity contribution is -0.144. The summed E-state index contributed by atoms with van der Waals surface area (Å²) in [5.41, 5.74) is 2.35. The lowest BCUT2D eigenvalue weighted by Gasteiger charge is -2.32. The van der Waals surface area contributed by atoms with Crippen LogP contribution >= 0.6 is 0 Å². The molecule has 12 heteroatoms. The second kappa shape index (κ2) is 8.30. The molecule has 0 saturated carbocycles. The largest absolute Gasteiger partial charge is 0.480 e. The van der Waals surface area contributed by atoms with Crippen molar-refractivity contribution >= 4 is 23.3 Å². The maximum Gasteiger partial charge on any atom is 0.457 e. The highest BCUT2D eigenvalue weighted by Gasteiger charge is 2.53. The predicted molar refractivity (Wildman–Crippen MR) is 113 cm³/mol. The zero-order valence-electron chi connectivity index (χ0n) is 18.8. The van der Waals surface area contributed by atoms with Crippen molar-refractivity contribution in [1.82, 2.24) is 9.03 Å². The standard InChI is InChI=1S/C18H36BN3O7S/c1-15(2,25)11-21-30(26,27)22-10-13(18(20,12-22)14(23)24)8-7-9-19-28-16(3,4)17(5,6)29-19/h13,21,25H,7-12,20H2,1-6H3,(H,23,24)/t13-,18-/m1/s1. The normalized spacial score (nSPS) is 29.5. The molecule has 0 radical (unpaired) electrons. The topological polar surface area (TPSA) is 151 Å². The highest BCUT2D eigenvalue weighted by Crippen LogP contribution is 2.39. The second-order valence-electron chi connectivity index (χ2n) is 10.1. The monoisotopic (exact) mass is 449 g/mol. The van der Waals surface area contributed by atoms with Crippen molar-refractivity contribution in [2.75, 3.05) is 19.6 Å². The van der Waals surface area contributed by atoms with E-state index in [0.29, 0.717) is 19.2 Å². The number of nitrogens with one attached hydrogen (secondary N) is 1. The van der Waals surface area contributed by atoms with Crippen molar-refractivity contribution in [3.63, 3.8) is 0 Å². The average Bonchev–Trinajstić information content (AvgIpc) is 3.00. The Bertz CT molecular complexity index is 737. The van der Waals surface area contributed by atoms with Crippen molar-refractivity contribution in [3.05, 3.63) is 0 Å². The van der Waals surface area contributed by atoms with Gasteiger partial charge in [0.15, 0.2) is 0 Å². The Morgan fingerprint density at radius 1 is 1.27 bits per heavy atom. The van der Waals surface area contributed by atoms with Crippen LogP contribution in [0.2, 0.25) is 6.32 Å². The quantitative estimate of drug-likeness (QED) is 0.364. The third-order valence-corrected chi connectivity index (χ3v) is 7.78. The number of carboxylic acids is 1. The molecule has 0 aliphatic carbocycles. The van der Waals surface area contributed by atoms with Gasteiger partial charge in [0.25, 0.3) is 10.2 Å². The molecule has 2 heterocycles. The highest BCUT2D eigenvalue weighted by molar-refractivity contribution is 7.87. The van der Waals surface area contributed by atoms with Gasteiger partial charge in [0, 0.05) is 25.6 Å². The van der Waals surface area contributed by atoms with Gasteiger partial charge in [0.2, 0.25) is 0 Å². The molecule has 2 rings (SSSR count). The van der Waals surface area contributed by atoms with Gasteiger partial charge in [-0.25, -0.2) is 0 Å². The molecule has 5 N–H and O–H groups in total. The SMILES string of the molecule is CC(C)(O)CNS(=O)(=O)N1C[C@@H](CCCB2OC(C)(C)C(C)(C)O2)[C@@](N)(C(=O)O)C1. The zero-order chi connectivity index (χ0) is 23.2. The predicted octanol–water partition coefficient (Wildman–Crippen LogP) is 0.178. The van der Waals surface area contributed by atoms with Crippen LogP contribution in [0.4, 0.5) is 0 Å². The first kappa shape index (κ1) is 25.5. The molecule has 30 heavy (non-hydrogen) atoms. The van der Waals surface area contributed by atoms with E-state index in [9.17, 15) is 23.4 Å². The summed E-state index contributed by atoms with van der Waals surface area (Å²) in [4.78, 5) is 11.9. The van der Waals surface area contributed by atoms with Crippen molar-refractivity contribution in [1.29, 1.82) is 0 Å². The fraction of sp³-hybridized carbons (Fsp3) is 0.944. The first-order valence-corrected chi connectivity index (χ1v) is 11.7. The number of carboxylic acid groups (broad SMARTS) is 1. The van der Waals surface area contributed by atoms with Crippen molar-refractivity contribution in [2.45, 2.75) is 83.0 Å². The van der Waals surface area contributed by atoms with E-state index in [0.717, 1.165) is 4.31 Å². The van der Waals surface area contributed by atoms with Gasteiger partial charge < -0.3 is 25.3 Å². The van der Waals surface area contributed by atoms with Gasteiger partial charge in [-0.1, -0.05) is 6.42 Å².